The van der Waals surface area contributed by atoms with Crippen molar-refractivity contribution in [1.29, 1.82) is 0 Å². The zero-order chi connectivity index (χ0) is 10.8. The molecule has 1 N–H and O–H groups in total. The Morgan fingerprint density at radius 1 is 1.47 bits per heavy atom. The molecule has 3 atom stereocenters. The largest absolute Gasteiger partial charge is 0.393 e. The maximum atomic E-state index is 11.4. The Morgan fingerprint density at radius 2 is 2.27 bits per heavy atom. The third-order valence-electron chi connectivity index (χ3n) is 3.86. The molecule has 15 heavy (non-hydrogen) atoms. The van der Waals surface area contributed by atoms with Crippen LogP contribution >= 0.6 is 0 Å². The van der Waals surface area contributed by atoms with E-state index in [0.717, 1.165) is 32.4 Å². The summed E-state index contributed by atoms with van der Waals surface area (Å²) in [5.74, 6) is 0.556. The highest BCUT2D eigenvalue weighted by Crippen LogP contribution is 2.34. The zero-order valence-corrected chi connectivity index (χ0v) is 9.48. The molecule has 3 heteroatoms. The Kier molecular flexibility index (Phi) is 3.42. The van der Waals surface area contributed by atoms with E-state index in [4.69, 9.17) is 0 Å². The van der Waals surface area contributed by atoms with E-state index in [-0.39, 0.29) is 12.0 Å². The van der Waals surface area contributed by atoms with Gasteiger partial charge in [-0.1, -0.05) is 6.92 Å². The quantitative estimate of drug-likeness (QED) is 0.746. The Labute approximate surface area is 91.5 Å². The van der Waals surface area contributed by atoms with Gasteiger partial charge in [0.15, 0.2) is 0 Å². The molecular weight excluding hydrogens is 190 g/mol. The summed E-state index contributed by atoms with van der Waals surface area (Å²) < 4.78 is 0. The molecule has 0 radical (unpaired) electrons. The smallest absolute Gasteiger partial charge is 0.133 e. The molecule has 0 aromatic carbocycles. The zero-order valence-electron chi connectivity index (χ0n) is 9.48. The summed E-state index contributed by atoms with van der Waals surface area (Å²) in [5, 5.41) is 9.93. The van der Waals surface area contributed by atoms with Gasteiger partial charge in [0.1, 0.15) is 5.78 Å². The number of nitrogens with zero attached hydrogens (tertiary/aromatic N) is 1. The molecule has 0 amide bonds. The van der Waals surface area contributed by atoms with Crippen LogP contribution in [0.1, 0.15) is 39.0 Å². The van der Waals surface area contributed by atoms with Crippen LogP contribution in [-0.4, -0.2) is 41.0 Å². The van der Waals surface area contributed by atoms with Crippen LogP contribution in [0.5, 0.6) is 0 Å². The van der Waals surface area contributed by atoms with E-state index in [1.807, 2.05) is 0 Å². The fourth-order valence-corrected chi connectivity index (χ4v) is 3.11. The van der Waals surface area contributed by atoms with Gasteiger partial charge in [0.25, 0.3) is 0 Å². The fraction of sp³-hybridized carbons (Fsp3) is 0.917. The maximum Gasteiger partial charge on any atom is 0.133 e. The number of carbonyl (C=O) groups excluding carboxylic acids is 1. The summed E-state index contributed by atoms with van der Waals surface area (Å²) in [4.78, 5) is 13.9. The van der Waals surface area contributed by atoms with Gasteiger partial charge in [0, 0.05) is 31.3 Å². The first-order chi connectivity index (χ1) is 7.22. The van der Waals surface area contributed by atoms with Gasteiger partial charge in [0.2, 0.25) is 0 Å². The molecule has 1 aliphatic heterocycles. The van der Waals surface area contributed by atoms with Crippen molar-refractivity contribution in [3.8, 4) is 0 Å². The van der Waals surface area contributed by atoms with Gasteiger partial charge in [-0.05, 0) is 25.8 Å². The number of fused-ring (bicyclic) bond motifs is 1. The van der Waals surface area contributed by atoms with Crippen molar-refractivity contribution in [1.82, 2.24) is 4.90 Å². The molecule has 1 heterocycles. The minimum absolute atomic E-state index is 0.214. The normalized spacial score (nSPS) is 37.7. The van der Waals surface area contributed by atoms with Crippen LogP contribution in [0.4, 0.5) is 0 Å². The number of Topliss-reactive ketones (excluding diaryl/α,β-unsaturated/α-hetero) is 1. The summed E-state index contributed by atoms with van der Waals surface area (Å²) in [7, 11) is 0. The van der Waals surface area contributed by atoms with Gasteiger partial charge in [-0.15, -0.1) is 0 Å². The van der Waals surface area contributed by atoms with Crippen molar-refractivity contribution in [2.75, 3.05) is 13.1 Å². The highest BCUT2D eigenvalue weighted by Gasteiger charge is 2.40. The lowest BCUT2D eigenvalue weighted by molar-refractivity contribution is -0.128. The van der Waals surface area contributed by atoms with E-state index in [0.29, 0.717) is 24.7 Å². The van der Waals surface area contributed by atoms with Crippen LogP contribution in [0, 0.1) is 5.92 Å². The first kappa shape index (κ1) is 11.1. The summed E-state index contributed by atoms with van der Waals surface area (Å²) in [5.41, 5.74) is 0. The lowest BCUT2D eigenvalue weighted by atomic mass is 9.76. The molecule has 1 saturated carbocycles. The van der Waals surface area contributed by atoms with E-state index in [2.05, 4.69) is 11.8 Å². The molecule has 0 aromatic rings. The third kappa shape index (κ3) is 2.23. The Morgan fingerprint density at radius 3 is 3.00 bits per heavy atom. The Hall–Kier alpha value is -0.410. The molecule has 1 aliphatic carbocycles. The standard InChI is InChI=1S/C12H21NO2/c1-2-6-13-7-5-12(15)10-8-9(14)3-4-11(10)13/h10-12,15H,2-8H2,1H3/t10-,11-,12-/m0/s1. The molecule has 0 bridgehead atoms. The minimum atomic E-state index is -0.243. The molecule has 2 rings (SSSR count). The lowest BCUT2D eigenvalue weighted by Crippen LogP contribution is -2.53. The van der Waals surface area contributed by atoms with E-state index in [1.54, 1.807) is 0 Å². The Bertz CT molecular complexity index is 242. The molecule has 0 aromatic heterocycles. The van der Waals surface area contributed by atoms with E-state index < -0.39 is 0 Å². The van der Waals surface area contributed by atoms with Crippen LogP contribution in [0.25, 0.3) is 0 Å². The van der Waals surface area contributed by atoms with Crippen molar-refractivity contribution in [2.24, 2.45) is 5.92 Å². The number of ketones is 1. The summed E-state index contributed by atoms with van der Waals surface area (Å²) in [6, 6.07) is 0.464. The van der Waals surface area contributed by atoms with Gasteiger partial charge >= 0.3 is 0 Å². The van der Waals surface area contributed by atoms with E-state index in [9.17, 15) is 9.90 Å². The number of hydrogen-bond donors (Lipinski definition) is 1. The van der Waals surface area contributed by atoms with Crippen LogP contribution in [0.3, 0.4) is 0 Å². The van der Waals surface area contributed by atoms with E-state index >= 15 is 0 Å². The highest BCUT2D eigenvalue weighted by molar-refractivity contribution is 5.79. The predicted octanol–water partition coefficient (Wildman–Crippen LogP) is 1.20. The number of likely N-dealkylation sites (tertiary alicyclic amines) is 1. The summed E-state index contributed by atoms with van der Waals surface area (Å²) in [6.45, 7) is 4.31. The highest BCUT2D eigenvalue weighted by atomic mass is 16.3. The first-order valence-corrected chi connectivity index (χ1v) is 6.16. The Balaban J connectivity index is 2.05. The SMILES string of the molecule is CCCN1CC[C@H](O)[C@H]2CC(=O)CC[C@@H]21. The lowest BCUT2D eigenvalue weighted by Gasteiger charge is -2.46. The van der Waals surface area contributed by atoms with Gasteiger partial charge in [-0.2, -0.15) is 0 Å². The minimum Gasteiger partial charge on any atom is -0.393 e. The number of piperidine rings is 1. The second-order valence-electron chi connectivity index (χ2n) is 4.90. The predicted molar refractivity (Wildman–Crippen MR) is 58.6 cm³/mol. The fourth-order valence-electron chi connectivity index (χ4n) is 3.11. The molecule has 1 saturated heterocycles. The second-order valence-corrected chi connectivity index (χ2v) is 4.90. The summed E-state index contributed by atoms with van der Waals surface area (Å²) in [6.07, 6.45) is 4.04. The van der Waals surface area contributed by atoms with Crippen LogP contribution in [0.15, 0.2) is 0 Å². The third-order valence-corrected chi connectivity index (χ3v) is 3.86. The van der Waals surface area contributed by atoms with Crippen molar-refractivity contribution in [3.63, 3.8) is 0 Å². The number of carbonyl (C=O) groups is 1. The van der Waals surface area contributed by atoms with Gasteiger partial charge in [-0.3, -0.25) is 9.69 Å². The van der Waals surface area contributed by atoms with Crippen molar-refractivity contribution in [3.05, 3.63) is 0 Å². The van der Waals surface area contributed by atoms with E-state index in [1.165, 1.54) is 0 Å². The average molecular weight is 211 g/mol. The van der Waals surface area contributed by atoms with Crippen LogP contribution < -0.4 is 0 Å². The second kappa shape index (κ2) is 4.62. The molecule has 0 spiro atoms. The molecule has 2 fully saturated rings. The van der Waals surface area contributed by atoms with Gasteiger partial charge < -0.3 is 5.11 Å². The molecule has 86 valence electrons. The van der Waals surface area contributed by atoms with Crippen LogP contribution in [0.2, 0.25) is 0 Å². The maximum absolute atomic E-state index is 11.4. The molecular formula is C12H21NO2. The number of aliphatic hydroxyl groups is 1. The number of rotatable bonds is 2. The summed E-state index contributed by atoms with van der Waals surface area (Å²) >= 11 is 0. The number of hydrogen-bond acceptors (Lipinski definition) is 3. The monoisotopic (exact) mass is 211 g/mol. The molecule has 3 nitrogen and oxygen atoms in total. The van der Waals surface area contributed by atoms with Crippen LogP contribution in [-0.2, 0) is 4.79 Å². The first-order valence-electron chi connectivity index (χ1n) is 6.16. The van der Waals surface area contributed by atoms with Crippen molar-refractivity contribution in [2.45, 2.75) is 51.2 Å². The van der Waals surface area contributed by atoms with Gasteiger partial charge in [-0.25, -0.2) is 0 Å². The van der Waals surface area contributed by atoms with Gasteiger partial charge in [0.05, 0.1) is 6.10 Å². The molecule has 0 unspecified atom stereocenters. The topological polar surface area (TPSA) is 40.5 Å². The average Bonchev–Trinajstić information content (AvgIpc) is 2.23. The molecule has 2 aliphatic rings. The number of aliphatic hydroxyl groups excluding tert-OH is 1. The van der Waals surface area contributed by atoms with Crippen molar-refractivity contribution >= 4 is 5.78 Å². The van der Waals surface area contributed by atoms with Crippen molar-refractivity contribution < 1.29 is 9.90 Å².